The molecule has 20 heavy (non-hydrogen) atoms. The molecule has 1 fully saturated rings. The quantitative estimate of drug-likeness (QED) is 0.925. The average Bonchev–Trinajstić information content (AvgIpc) is 3.11. The summed E-state index contributed by atoms with van der Waals surface area (Å²) < 4.78 is 5.22. The molecule has 1 N–H and O–H groups in total. The Balaban J connectivity index is 1.83. The molecule has 5 heteroatoms. The van der Waals surface area contributed by atoms with Crippen LogP contribution >= 0.6 is 0 Å². The number of benzene rings is 1. The lowest BCUT2D eigenvalue weighted by atomic mass is 10.0. The summed E-state index contributed by atoms with van der Waals surface area (Å²) in [6.07, 6.45) is 3.23. The number of carbonyl (C=O) groups is 1. The molecule has 0 unspecified atom stereocenters. The van der Waals surface area contributed by atoms with E-state index in [0.29, 0.717) is 11.3 Å². The minimum absolute atomic E-state index is 0.0743. The van der Waals surface area contributed by atoms with Gasteiger partial charge in [0.15, 0.2) is 0 Å². The zero-order valence-electron chi connectivity index (χ0n) is 11.0. The lowest BCUT2D eigenvalue weighted by Gasteiger charge is -2.17. The van der Waals surface area contributed by atoms with Crippen molar-refractivity contribution in [3.05, 3.63) is 53.2 Å². The fourth-order valence-corrected chi connectivity index (χ4v) is 2.23. The molecule has 3 rings (SSSR count). The number of oxazole rings is 1. The van der Waals surface area contributed by atoms with Gasteiger partial charge in [-0.25, -0.2) is 4.98 Å². The van der Waals surface area contributed by atoms with Crippen molar-refractivity contribution in [1.29, 1.82) is 5.26 Å². The summed E-state index contributed by atoms with van der Waals surface area (Å²) in [5, 5.41) is 11.9. The van der Waals surface area contributed by atoms with Crippen LogP contribution in [0.1, 0.15) is 40.4 Å². The molecule has 0 atom stereocenters. The Morgan fingerprint density at radius 1 is 1.50 bits per heavy atom. The van der Waals surface area contributed by atoms with Crippen LogP contribution in [-0.4, -0.2) is 10.9 Å². The average molecular weight is 267 g/mol. The normalized spacial score (nSPS) is 15.4. The second-order valence-electron chi connectivity index (χ2n) is 5.00. The minimum atomic E-state index is -0.383. The number of amides is 1. The first-order valence-corrected chi connectivity index (χ1v) is 6.38. The third-order valence-electron chi connectivity index (χ3n) is 3.46. The Kier molecular flexibility index (Phi) is 2.79. The first-order chi connectivity index (χ1) is 9.63. The Bertz CT molecular complexity index is 708. The van der Waals surface area contributed by atoms with Gasteiger partial charge >= 0.3 is 5.91 Å². The summed E-state index contributed by atoms with van der Waals surface area (Å²) in [6.45, 7) is 1.74. The van der Waals surface area contributed by atoms with Crippen molar-refractivity contribution in [3.63, 3.8) is 0 Å². The van der Waals surface area contributed by atoms with Crippen molar-refractivity contribution in [2.75, 3.05) is 0 Å². The zero-order valence-corrected chi connectivity index (χ0v) is 11.0. The second-order valence-corrected chi connectivity index (χ2v) is 5.00. The van der Waals surface area contributed by atoms with Crippen molar-refractivity contribution in [1.82, 2.24) is 10.3 Å². The van der Waals surface area contributed by atoms with E-state index in [-0.39, 0.29) is 17.3 Å². The molecule has 1 aromatic carbocycles. The van der Waals surface area contributed by atoms with Crippen LogP contribution in [0.25, 0.3) is 0 Å². The highest BCUT2D eigenvalue weighted by atomic mass is 16.4. The smallest absolute Gasteiger partial charge is 0.307 e. The number of hydrogen-bond acceptors (Lipinski definition) is 4. The predicted octanol–water partition coefficient (Wildman–Crippen LogP) is 2.27. The van der Waals surface area contributed by atoms with E-state index in [1.54, 1.807) is 13.0 Å². The maximum Gasteiger partial charge on any atom is 0.307 e. The van der Waals surface area contributed by atoms with Gasteiger partial charge in [-0.15, -0.1) is 0 Å². The van der Waals surface area contributed by atoms with E-state index in [1.165, 1.54) is 6.20 Å². The van der Waals surface area contributed by atoms with Gasteiger partial charge in [-0.1, -0.05) is 12.1 Å². The molecular formula is C15H13N3O2. The van der Waals surface area contributed by atoms with Gasteiger partial charge in [0.2, 0.25) is 0 Å². The summed E-state index contributed by atoms with van der Waals surface area (Å²) in [4.78, 5) is 16.0. The third kappa shape index (κ3) is 2.16. The summed E-state index contributed by atoms with van der Waals surface area (Å²) in [6, 6.07) is 9.43. The van der Waals surface area contributed by atoms with E-state index in [9.17, 15) is 4.79 Å². The summed E-state index contributed by atoms with van der Waals surface area (Å²) in [7, 11) is 0. The number of carbonyl (C=O) groups excluding carboxylic acids is 1. The van der Waals surface area contributed by atoms with Gasteiger partial charge in [-0.05, 0) is 37.5 Å². The molecule has 1 amide bonds. The van der Waals surface area contributed by atoms with Gasteiger partial charge in [-0.2, -0.15) is 5.26 Å². The molecule has 1 aliphatic carbocycles. The lowest BCUT2D eigenvalue weighted by molar-refractivity contribution is 0.0894. The molecule has 1 aliphatic rings. The van der Waals surface area contributed by atoms with Gasteiger partial charge in [0.05, 0.1) is 23.4 Å². The van der Waals surface area contributed by atoms with E-state index >= 15 is 0 Å². The first kappa shape index (κ1) is 12.4. The Morgan fingerprint density at radius 2 is 2.30 bits per heavy atom. The second kappa shape index (κ2) is 4.49. The molecule has 0 aliphatic heterocycles. The van der Waals surface area contributed by atoms with Crippen molar-refractivity contribution >= 4 is 5.91 Å². The van der Waals surface area contributed by atoms with Gasteiger partial charge in [0.25, 0.3) is 5.89 Å². The van der Waals surface area contributed by atoms with Gasteiger partial charge in [-0.3, -0.25) is 4.79 Å². The number of nitrogens with one attached hydrogen (secondary N) is 1. The molecule has 0 spiro atoms. The largest absolute Gasteiger partial charge is 0.438 e. The third-order valence-corrected chi connectivity index (χ3v) is 3.46. The summed E-state index contributed by atoms with van der Waals surface area (Å²) >= 11 is 0. The van der Waals surface area contributed by atoms with Crippen LogP contribution in [0.15, 0.2) is 34.9 Å². The highest BCUT2D eigenvalue weighted by Crippen LogP contribution is 2.45. The fraction of sp³-hybridized carbons (Fsp3) is 0.267. The van der Waals surface area contributed by atoms with Crippen LogP contribution in [0.3, 0.4) is 0 Å². The molecule has 0 radical (unpaired) electrons. The molecule has 1 aromatic heterocycles. The lowest BCUT2D eigenvalue weighted by Crippen LogP contribution is -2.35. The number of rotatable bonds is 3. The van der Waals surface area contributed by atoms with Crippen molar-refractivity contribution < 1.29 is 9.21 Å². The van der Waals surface area contributed by atoms with Crippen LogP contribution in [-0.2, 0) is 5.54 Å². The van der Waals surface area contributed by atoms with Gasteiger partial charge < -0.3 is 9.73 Å². The monoisotopic (exact) mass is 267 g/mol. The summed E-state index contributed by atoms with van der Waals surface area (Å²) in [5.41, 5.74) is 1.16. The standard InChI is InChI=1S/C15H13N3O2/c1-10-9-17-14(20-10)13(19)18-15(5-6-15)12-4-2-3-11(7-12)8-16/h2-4,7,9H,5-6H2,1H3,(H,18,19). The topological polar surface area (TPSA) is 78.9 Å². The van der Waals surface area contributed by atoms with Gasteiger partial charge in [0, 0.05) is 0 Å². The molecular weight excluding hydrogens is 254 g/mol. The number of aromatic nitrogens is 1. The van der Waals surface area contributed by atoms with Crippen molar-refractivity contribution in [2.45, 2.75) is 25.3 Å². The molecule has 5 nitrogen and oxygen atoms in total. The number of nitrogens with zero attached hydrogens (tertiary/aromatic N) is 2. The molecule has 1 heterocycles. The number of nitriles is 1. The molecule has 0 saturated heterocycles. The number of hydrogen-bond donors (Lipinski definition) is 1. The fourth-order valence-electron chi connectivity index (χ4n) is 2.23. The number of aryl methyl sites for hydroxylation is 1. The van der Waals surface area contributed by atoms with E-state index in [2.05, 4.69) is 16.4 Å². The first-order valence-electron chi connectivity index (χ1n) is 6.38. The molecule has 0 bridgehead atoms. The molecule has 100 valence electrons. The van der Waals surface area contributed by atoms with E-state index in [0.717, 1.165) is 18.4 Å². The Labute approximate surface area is 116 Å². The Hall–Kier alpha value is -2.61. The maximum absolute atomic E-state index is 12.1. The van der Waals surface area contributed by atoms with Crippen molar-refractivity contribution in [2.24, 2.45) is 0 Å². The van der Waals surface area contributed by atoms with Crippen molar-refractivity contribution in [3.8, 4) is 6.07 Å². The highest BCUT2D eigenvalue weighted by molar-refractivity contribution is 5.90. The van der Waals surface area contributed by atoms with E-state index < -0.39 is 0 Å². The van der Waals surface area contributed by atoms with Gasteiger partial charge in [0.1, 0.15) is 5.76 Å². The molecule has 2 aromatic rings. The van der Waals surface area contributed by atoms with Crippen LogP contribution in [0.2, 0.25) is 0 Å². The Morgan fingerprint density at radius 3 is 2.90 bits per heavy atom. The zero-order chi connectivity index (χ0) is 14.2. The minimum Gasteiger partial charge on any atom is -0.438 e. The molecule has 1 saturated carbocycles. The SMILES string of the molecule is Cc1cnc(C(=O)NC2(c3cccc(C#N)c3)CC2)o1. The predicted molar refractivity (Wildman–Crippen MR) is 70.8 cm³/mol. The highest BCUT2D eigenvalue weighted by Gasteiger charge is 2.46. The maximum atomic E-state index is 12.1. The van der Waals surface area contributed by atoms with E-state index in [1.807, 2.05) is 18.2 Å². The van der Waals surface area contributed by atoms with E-state index in [4.69, 9.17) is 9.68 Å². The van der Waals surface area contributed by atoms with Crippen LogP contribution in [0.4, 0.5) is 0 Å². The summed E-state index contributed by atoms with van der Waals surface area (Å²) in [5.74, 6) is 0.356. The van der Waals surface area contributed by atoms with Crippen LogP contribution in [0, 0.1) is 18.3 Å². The van der Waals surface area contributed by atoms with Crippen LogP contribution < -0.4 is 5.32 Å². The van der Waals surface area contributed by atoms with Crippen LogP contribution in [0.5, 0.6) is 0 Å².